The molecule has 2 heterocycles. The van der Waals surface area contributed by atoms with E-state index < -0.39 is 11.9 Å². The Hall–Kier alpha value is -1.31. The molecular formula is C13H13ClF3N3S. The summed E-state index contributed by atoms with van der Waals surface area (Å²) in [7, 11) is 1.68. The van der Waals surface area contributed by atoms with Crippen LogP contribution in [0.3, 0.4) is 0 Å². The molecule has 0 saturated carbocycles. The van der Waals surface area contributed by atoms with Crippen LogP contribution in [0.2, 0.25) is 4.34 Å². The third-order valence-electron chi connectivity index (χ3n) is 2.85. The fraction of sp³-hybridized carbons (Fsp3) is 0.308. The molecule has 0 saturated heterocycles. The molecule has 21 heavy (non-hydrogen) atoms. The lowest BCUT2D eigenvalue weighted by atomic mass is 10.2. The smallest absolute Gasteiger partial charge is 0.354 e. The van der Waals surface area contributed by atoms with E-state index in [1.54, 1.807) is 18.0 Å². The van der Waals surface area contributed by atoms with E-state index in [0.717, 1.165) is 10.9 Å². The van der Waals surface area contributed by atoms with Gasteiger partial charge in [0.2, 0.25) is 0 Å². The molecule has 2 rings (SSSR count). The molecule has 0 bridgehead atoms. The maximum absolute atomic E-state index is 12.8. The summed E-state index contributed by atoms with van der Waals surface area (Å²) in [6, 6.07) is 5.89. The Morgan fingerprint density at radius 2 is 2.00 bits per heavy atom. The predicted molar refractivity (Wildman–Crippen MR) is 78.6 cm³/mol. The molecule has 0 aromatic carbocycles. The van der Waals surface area contributed by atoms with Crippen LogP contribution >= 0.6 is 22.9 Å². The quantitative estimate of drug-likeness (QED) is 0.921. The Balaban J connectivity index is 2.31. The van der Waals surface area contributed by atoms with Gasteiger partial charge in [-0.25, -0.2) is 4.98 Å². The Morgan fingerprint density at radius 1 is 1.29 bits per heavy atom. The molecule has 0 radical (unpaired) electrons. The molecular weight excluding hydrogens is 323 g/mol. The monoisotopic (exact) mass is 335 g/mol. The Morgan fingerprint density at radius 3 is 2.52 bits per heavy atom. The van der Waals surface area contributed by atoms with E-state index in [1.165, 1.54) is 17.4 Å². The normalized spacial score (nSPS) is 11.7. The first-order valence-corrected chi connectivity index (χ1v) is 7.23. The van der Waals surface area contributed by atoms with E-state index >= 15 is 0 Å². The van der Waals surface area contributed by atoms with Gasteiger partial charge in [0.05, 0.1) is 10.9 Å². The van der Waals surface area contributed by atoms with E-state index in [4.69, 9.17) is 17.3 Å². The van der Waals surface area contributed by atoms with E-state index in [0.29, 0.717) is 16.4 Å². The van der Waals surface area contributed by atoms with Gasteiger partial charge in [-0.15, -0.1) is 11.3 Å². The second kappa shape index (κ2) is 6.21. The van der Waals surface area contributed by atoms with Crippen molar-refractivity contribution in [3.05, 3.63) is 44.7 Å². The topological polar surface area (TPSA) is 42.2 Å². The molecule has 0 fully saturated rings. The Bertz CT molecular complexity index is 627. The van der Waals surface area contributed by atoms with Crippen molar-refractivity contribution in [3.8, 4) is 0 Å². The second-order valence-corrected chi connectivity index (χ2v) is 6.24. The molecule has 2 aromatic rings. The van der Waals surface area contributed by atoms with Gasteiger partial charge in [0.15, 0.2) is 0 Å². The lowest BCUT2D eigenvalue weighted by molar-refractivity contribution is -0.141. The van der Waals surface area contributed by atoms with Crippen LogP contribution in [0.15, 0.2) is 24.3 Å². The highest BCUT2D eigenvalue weighted by Crippen LogP contribution is 2.31. The predicted octanol–water partition coefficient (Wildman–Crippen LogP) is 3.91. The lowest BCUT2D eigenvalue weighted by Gasteiger charge is -2.21. The van der Waals surface area contributed by atoms with Crippen LogP contribution in [-0.2, 0) is 19.3 Å². The summed E-state index contributed by atoms with van der Waals surface area (Å²) in [6.45, 7) is 0.536. The summed E-state index contributed by atoms with van der Waals surface area (Å²) in [5, 5.41) is 0. The molecule has 8 heteroatoms. The van der Waals surface area contributed by atoms with Gasteiger partial charge < -0.3 is 10.6 Å². The summed E-state index contributed by atoms with van der Waals surface area (Å²) >= 11 is 7.23. The number of alkyl halides is 3. The number of nitrogens with two attached hydrogens (primary N) is 1. The van der Waals surface area contributed by atoms with Crippen LogP contribution in [-0.4, -0.2) is 12.0 Å². The average molecular weight is 336 g/mol. The third kappa shape index (κ3) is 3.87. The van der Waals surface area contributed by atoms with Crippen LogP contribution in [0.1, 0.15) is 16.1 Å². The van der Waals surface area contributed by atoms with Crippen molar-refractivity contribution in [2.75, 3.05) is 11.9 Å². The maximum atomic E-state index is 12.8. The maximum Gasteiger partial charge on any atom is 0.433 e. The number of aromatic nitrogens is 1. The van der Waals surface area contributed by atoms with Gasteiger partial charge in [-0.1, -0.05) is 17.7 Å². The van der Waals surface area contributed by atoms with Crippen molar-refractivity contribution in [2.45, 2.75) is 19.3 Å². The van der Waals surface area contributed by atoms with Crippen LogP contribution in [0.4, 0.5) is 19.0 Å². The highest BCUT2D eigenvalue weighted by atomic mass is 35.5. The van der Waals surface area contributed by atoms with Crippen molar-refractivity contribution in [2.24, 2.45) is 5.73 Å². The minimum Gasteiger partial charge on any atom is -0.354 e. The summed E-state index contributed by atoms with van der Waals surface area (Å²) in [6.07, 6.45) is -4.48. The molecule has 0 spiro atoms. The van der Waals surface area contributed by atoms with Crippen LogP contribution in [0.25, 0.3) is 0 Å². The molecule has 3 nitrogen and oxygen atoms in total. The highest BCUT2D eigenvalue weighted by molar-refractivity contribution is 7.16. The zero-order chi connectivity index (χ0) is 15.6. The van der Waals surface area contributed by atoms with Gasteiger partial charge >= 0.3 is 6.18 Å². The van der Waals surface area contributed by atoms with E-state index in [1.807, 2.05) is 6.07 Å². The number of pyridine rings is 1. The molecule has 2 aromatic heterocycles. The summed E-state index contributed by atoms with van der Waals surface area (Å²) in [4.78, 5) is 6.28. The zero-order valence-electron chi connectivity index (χ0n) is 11.1. The number of rotatable bonds is 4. The van der Waals surface area contributed by atoms with Crippen molar-refractivity contribution >= 4 is 28.8 Å². The van der Waals surface area contributed by atoms with Crippen LogP contribution < -0.4 is 10.6 Å². The van der Waals surface area contributed by atoms with Gasteiger partial charge in [-0.05, 0) is 18.2 Å². The molecule has 0 unspecified atom stereocenters. The van der Waals surface area contributed by atoms with Crippen molar-refractivity contribution in [3.63, 3.8) is 0 Å². The van der Waals surface area contributed by atoms with Gasteiger partial charge in [0.25, 0.3) is 0 Å². The molecule has 0 atom stereocenters. The van der Waals surface area contributed by atoms with Gasteiger partial charge in [-0.3, -0.25) is 0 Å². The van der Waals surface area contributed by atoms with Gasteiger partial charge in [-0.2, -0.15) is 13.2 Å². The molecule has 0 aliphatic heterocycles. The largest absolute Gasteiger partial charge is 0.433 e. The summed E-state index contributed by atoms with van der Waals surface area (Å²) in [5.41, 5.74) is 5.22. The van der Waals surface area contributed by atoms with Crippen LogP contribution in [0.5, 0.6) is 0 Å². The number of nitrogens with zero attached hydrogens (tertiary/aromatic N) is 2. The van der Waals surface area contributed by atoms with Crippen molar-refractivity contribution in [1.82, 2.24) is 4.98 Å². The minimum absolute atomic E-state index is 0.121. The van der Waals surface area contributed by atoms with Crippen LogP contribution in [0, 0.1) is 0 Å². The van der Waals surface area contributed by atoms with Gasteiger partial charge in [0, 0.05) is 24.0 Å². The summed E-state index contributed by atoms with van der Waals surface area (Å²) < 4.78 is 38.9. The third-order valence-corrected chi connectivity index (χ3v) is 4.07. The van der Waals surface area contributed by atoms with Crippen molar-refractivity contribution < 1.29 is 13.2 Å². The fourth-order valence-electron chi connectivity index (χ4n) is 1.87. The molecule has 0 aliphatic carbocycles. The van der Waals surface area contributed by atoms with E-state index in [2.05, 4.69) is 4.98 Å². The first-order chi connectivity index (χ1) is 9.81. The minimum atomic E-state index is -4.48. The Kier molecular flexibility index (Phi) is 4.75. The second-order valence-electron chi connectivity index (χ2n) is 4.44. The molecule has 2 N–H and O–H groups in total. The number of anilines is 1. The van der Waals surface area contributed by atoms with Crippen molar-refractivity contribution in [1.29, 1.82) is 0 Å². The number of hydrogen-bond donors (Lipinski definition) is 1. The lowest BCUT2D eigenvalue weighted by Crippen LogP contribution is -2.22. The average Bonchev–Trinajstić information content (AvgIpc) is 2.82. The molecule has 0 aliphatic rings. The number of halogens is 4. The highest BCUT2D eigenvalue weighted by Gasteiger charge is 2.33. The first-order valence-electron chi connectivity index (χ1n) is 6.04. The van der Waals surface area contributed by atoms with Gasteiger partial charge in [0.1, 0.15) is 11.5 Å². The first kappa shape index (κ1) is 16.1. The summed E-state index contributed by atoms with van der Waals surface area (Å²) in [5.74, 6) is 0.233. The molecule has 114 valence electrons. The number of hydrogen-bond acceptors (Lipinski definition) is 4. The zero-order valence-corrected chi connectivity index (χ0v) is 12.7. The van der Waals surface area contributed by atoms with E-state index in [-0.39, 0.29) is 12.4 Å². The SMILES string of the molecule is CN(Cc1ccc(Cl)s1)c1nc(C(F)(F)F)ccc1CN. The molecule has 0 amide bonds. The number of thiophene rings is 1. The standard InChI is InChI=1S/C13H13ClF3N3S/c1-20(7-9-3-5-11(14)21-9)12-8(6-18)2-4-10(19-12)13(15,16)17/h2-5H,6-7,18H2,1H3. The fourth-order valence-corrected chi connectivity index (χ4v) is 3.01. The van der Waals surface area contributed by atoms with E-state index in [9.17, 15) is 13.2 Å². The Labute approximate surface area is 129 Å².